The second kappa shape index (κ2) is 8.85. The summed E-state index contributed by atoms with van der Waals surface area (Å²) in [4.78, 5) is 14.8. The van der Waals surface area contributed by atoms with Gasteiger partial charge in [0, 0.05) is 25.9 Å². The van der Waals surface area contributed by atoms with Crippen LogP contribution in [0.15, 0.2) is 24.3 Å². The lowest BCUT2D eigenvalue weighted by atomic mass is 9.68. The highest BCUT2D eigenvalue weighted by Crippen LogP contribution is 2.48. The molecule has 1 amide bonds. The molecule has 1 unspecified atom stereocenters. The first-order valence-electron chi connectivity index (χ1n) is 10.5. The molecule has 0 aromatic heterocycles. The van der Waals surface area contributed by atoms with Gasteiger partial charge in [0.2, 0.25) is 5.91 Å². The van der Waals surface area contributed by atoms with Crippen molar-refractivity contribution < 1.29 is 32.5 Å². The highest BCUT2D eigenvalue weighted by atomic mass is 19.4. The maximum atomic E-state index is 13.3. The van der Waals surface area contributed by atoms with Gasteiger partial charge in [0.1, 0.15) is 0 Å². The topological polar surface area (TPSA) is 59.0 Å². The maximum absolute atomic E-state index is 13.3. The Morgan fingerprint density at radius 3 is 2.30 bits per heavy atom. The molecule has 1 atom stereocenters. The number of anilines is 1. The lowest BCUT2D eigenvalue weighted by Crippen LogP contribution is -2.45. The third kappa shape index (κ3) is 4.65. The molecule has 1 saturated heterocycles. The minimum atomic E-state index is -4.49. The first-order valence-corrected chi connectivity index (χ1v) is 10.5. The number of halogens is 3. The zero-order valence-corrected chi connectivity index (χ0v) is 17.5. The zero-order valence-electron chi connectivity index (χ0n) is 17.5. The maximum Gasteiger partial charge on any atom is 0.418 e. The number of rotatable bonds is 7. The van der Waals surface area contributed by atoms with Crippen LogP contribution in [0.1, 0.15) is 57.1 Å². The molecule has 2 aliphatic rings. The summed E-state index contributed by atoms with van der Waals surface area (Å²) < 4.78 is 50.1. The van der Waals surface area contributed by atoms with Crippen molar-refractivity contribution in [3.63, 3.8) is 0 Å². The minimum Gasteiger partial charge on any atom is -0.387 e. The van der Waals surface area contributed by atoms with Gasteiger partial charge in [-0.15, -0.1) is 0 Å². The summed E-state index contributed by atoms with van der Waals surface area (Å²) >= 11 is 0. The van der Waals surface area contributed by atoms with Crippen LogP contribution in [0.3, 0.4) is 0 Å². The van der Waals surface area contributed by atoms with Gasteiger partial charge in [-0.1, -0.05) is 19.1 Å². The molecule has 1 spiro atoms. The van der Waals surface area contributed by atoms with E-state index in [1.807, 2.05) is 0 Å². The molecule has 1 aliphatic carbocycles. The number of aliphatic hydroxyl groups is 1. The fourth-order valence-corrected chi connectivity index (χ4v) is 4.58. The first kappa shape index (κ1) is 23.0. The number of carbonyl (C=O) groups excluding carboxylic acids is 1. The second-order valence-corrected chi connectivity index (χ2v) is 8.53. The number of ether oxygens (including phenoxy) is 2. The van der Waals surface area contributed by atoms with Crippen LogP contribution in [0, 0.1) is 5.41 Å². The zero-order chi connectivity index (χ0) is 22.0. The van der Waals surface area contributed by atoms with Crippen molar-refractivity contribution in [2.45, 2.75) is 63.3 Å². The quantitative estimate of drug-likeness (QED) is 0.698. The van der Waals surface area contributed by atoms with Crippen molar-refractivity contribution in [2.24, 2.45) is 5.41 Å². The number of alkyl halides is 3. The van der Waals surface area contributed by atoms with E-state index in [1.54, 1.807) is 31.1 Å². The molecule has 30 heavy (non-hydrogen) atoms. The fraction of sp³-hybridized carbons (Fsp3) is 0.682. The van der Waals surface area contributed by atoms with Gasteiger partial charge in [0.05, 0.1) is 17.6 Å². The van der Waals surface area contributed by atoms with Crippen molar-refractivity contribution in [1.82, 2.24) is 0 Å². The Morgan fingerprint density at radius 1 is 1.13 bits per heavy atom. The van der Waals surface area contributed by atoms with Crippen LogP contribution in [0.4, 0.5) is 18.9 Å². The Balaban J connectivity index is 1.71. The van der Waals surface area contributed by atoms with Crippen molar-refractivity contribution >= 4 is 11.6 Å². The van der Waals surface area contributed by atoms with Gasteiger partial charge in [-0.25, -0.2) is 0 Å². The minimum absolute atomic E-state index is 0.00989. The van der Waals surface area contributed by atoms with E-state index in [0.29, 0.717) is 50.8 Å². The summed E-state index contributed by atoms with van der Waals surface area (Å²) in [6, 6.07) is 5.90. The number of benzene rings is 1. The predicted octanol–water partition coefficient (Wildman–Crippen LogP) is 4.39. The summed E-state index contributed by atoms with van der Waals surface area (Å²) in [5.41, 5.74) is -0.768. The van der Waals surface area contributed by atoms with Crippen LogP contribution in [0.25, 0.3) is 0 Å². The Kier molecular flexibility index (Phi) is 6.79. The van der Waals surface area contributed by atoms with E-state index in [9.17, 15) is 23.1 Å². The molecule has 1 saturated carbocycles. The van der Waals surface area contributed by atoms with Gasteiger partial charge in [-0.2, -0.15) is 13.2 Å². The number of carbonyl (C=O) groups is 1. The third-order valence-corrected chi connectivity index (χ3v) is 6.36. The molecule has 1 N–H and O–H groups in total. The van der Waals surface area contributed by atoms with Crippen LogP contribution in [-0.2, 0) is 14.3 Å². The van der Waals surface area contributed by atoms with Crippen LogP contribution < -0.4 is 4.90 Å². The summed E-state index contributed by atoms with van der Waals surface area (Å²) in [7, 11) is 1.55. The molecular formula is C22H30F3NO4. The van der Waals surface area contributed by atoms with Crippen molar-refractivity contribution in [2.75, 3.05) is 31.8 Å². The van der Waals surface area contributed by atoms with Crippen LogP contribution in [-0.4, -0.2) is 49.7 Å². The van der Waals surface area contributed by atoms with Gasteiger partial charge >= 0.3 is 6.18 Å². The van der Waals surface area contributed by atoms with E-state index in [4.69, 9.17) is 9.47 Å². The predicted molar refractivity (Wildman–Crippen MR) is 106 cm³/mol. The second-order valence-electron chi connectivity index (χ2n) is 8.53. The summed E-state index contributed by atoms with van der Waals surface area (Å²) in [5, 5.41) is 10.5. The van der Waals surface area contributed by atoms with E-state index >= 15 is 0 Å². The number of nitrogens with zero attached hydrogens (tertiary/aromatic N) is 1. The largest absolute Gasteiger partial charge is 0.418 e. The Morgan fingerprint density at radius 2 is 1.77 bits per heavy atom. The molecule has 1 aliphatic heterocycles. The molecule has 1 heterocycles. The van der Waals surface area contributed by atoms with Crippen molar-refractivity contribution in [3.8, 4) is 0 Å². The number of amides is 1. The van der Waals surface area contributed by atoms with Crippen LogP contribution in [0.2, 0.25) is 0 Å². The standard InChI is InChI=1S/C22H30F3NO4/c1-3-14-30-18(22(23,24)25)16-4-6-17(7-5-16)26-13-12-20(19(26)27)8-10-21(28,11-9-20)15-29-2/h4-7,18,28H,3,8-15H2,1-2H3. The normalized spacial score (nSPS) is 28.3. The molecule has 5 nitrogen and oxygen atoms in total. The Hall–Kier alpha value is -1.64. The average Bonchev–Trinajstić information content (AvgIpc) is 3.01. The van der Waals surface area contributed by atoms with E-state index in [0.717, 1.165) is 0 Å². The highest BCUT2D eigenvalue weighted by Gasteiger charge is 2.51. The molecule has 0 radical (unpaired) electrons. The van der Waals surface area contributed by atoms with Crippen LogP contribution >= 0.6 is 0 Å². The lowest BCUT2D eigenvalue weighted by Gasteiger charge is -2.40. The monoisotopic (exact) mass is 429 g/mol. The van der Waals surface area contributed by atoms with Gasteiger partial charge in [-0.05, 0) is 56.2 Å². The number of hydrogen-bond donors (Lipinski definition) is 1. The van der Waals surface area contributed by atoms with E-state index in [-0.39, 0.29) is 24.7 Å². The molecule has 2 fully saturated rings. The molecule has 168 valence electrons. The summed E-state index contributed by atoms with van der Waals surface area (Å²) in [5.74, 6) is -0.00989. The van der Waals surface area contributed by atoms with E-state index in [2.05, 4.69) is 0 Å². The fourth-order valence-electron chi connectivity index (χ4n) is 4.58. The molecular weight excluding hydrogens is 399 g/mol. The van der Waals surface area contributed by atoms with Gasteiger partial charge in [0.15, 0.2) is 6.10 Å². The van der Waals surface area contributed by atoms with E-state index < -0.39 is 23.3 Å². The van der Waals surface area contributed by atoms with Crippen LogP contribution in [0.5, 0.6) is 0 Å². The Bertz CT molecular complexity index is 727. The smallest absolute Gasteiger partial charge is 0.387 e. The van der Waals surface area contributed by atoms with E-state index in [1.165, 1.54) is 12.1 Å². The SMILES string of the molecule is CCCOC(c1ccc(N2CCC3(CCC(O)(COC)CC3)C2=O)cc1)C(F)(F)F. The Labute approximate surface area is 175 Å². The molecule has 1 aromatic rings. The highest BCUT2D eigenvalue weighted by molar-refractivity contribution is 6.00. The molecule has 0 bridgehead atoms. The van der Waals surface area contributed by atoms with Gasteiger partial charge < -0.3 is 19.5 Å². The lowest BCUT2D eigenvalue weighted by molar-refractivity contribution is -0.223. The number of hydrogen-bond acceptors (Lipinski definition) is 4. The summed E-state index contributed by atoms with van der Waals surface area (Å²) in [6.07, 6.45) is -3.11. The molecule has 8 heteroatoms. The summed E-state index contributed by atoms with van der Waals surface area (Å²) in [6.45, 7) is 2.56. The van der Waals surface area contributed by atoms with Crippen molar-refractivity contribution in [1.29, 1.82) is 0 Å². The van der Waals surface area contributed by atoms with Gasteiger partial charge in [0.25, 0.3) is 0 Å². The van der Waals surface area contributed by atoms with Crippen molar-refractivity contribution in [3.05, 3.63) is 29.8 Å². The molecule has 3 rings (SSSR count). The third-order valence-electron chi connectivity index (χ3n) is 6.36. The van der Waals surface area contributed by atoms with Gasteiger partial charge in [-0.3, -0.25) is 4.79 Å². The average molecular weight is 429 g/mol. The number of methoxy groups -OCH3 is 1. The first-order chi connectivity index (χ1) is 14.1. The molecule has 1 aromatic carbocycles.